The normalized spacial score (nSPS) is 28.2. The van der Waals surface area contributed by atoms with Gasteiger partial charge in [0, 0.05) is 6.42 Å². The summed E-state index contributed by atoms with van der Waals surface area (Å²) in [6.07, 6.45) is 0.0743. The molecule has 1 rings (SSSR count). The van der Waals surface area contributed by atoms with Crippen LogP contribution in [-0.2, 0) is 19.1 Å². The van der Waals surface area contributed by atoms with Crippen LogP contribution in [0.5, 0.6) is 0 Å². The number of carbonyl (C=O) groups is 2. The first-order valence-electron chi connectivity index (χ1n) is 4.35. The molecule has 1 fully saturated rings. The highest BCUT2D eigenvalue weighted by molar-refractivity contribution is 6.08. The van der Waals surface area contributed by atoms with Crippen LogP contribution in [0.1, 0.15) is 27.2 Å². The summed E-state index contributed by atoms with van der Waals surface area (Å²) in [6, 6.07) is 0. The van der Waals surface area contributed by atoms with Crippen LogP contribution in [0.3, 0.4) is 0 Å². The standard InChI is InChI=1S/C9H14O4/c1-6(2)13-8(11)9(3)7(10)4-5-12-9/h6H,4-5H2,1-3H3. The first-order valence-corrected chi connectivity index (χ1v) is 4.35. The van der Waals surface area contributed by atoms with Crippen LogP contribution in [0.15, 0.2) is 0 Å². The molecule has 1 aliphatic rings. The zero-order valence-corrected chi connectivity index (χ0v) is 8.12. The number of Topliss-reactive ketones (excluding diaryl/α,β-unsaturated/α-hetero) is 1. The largest absolute Gasteiger partial charge is 0.460 e. The van der Waals surface area contributed by atoms with E-state index < -0.39 is 11.6 Å². The maximum Gasteiger partial charge on any atom is 0.346 e. The molecular weight excluding hydrogens is 172 g/mol. The molecule has 1 saturated heterocycles. The van der Waals surface area contributed by atoms with Gasteiger partial charge in [0.1, 0.15) is 0 Å². The molecule has 1 aliphatic heterocycles. The zero-order valence-electron chi connectivity index (χ0n) is 8.12. The van der Waals surface area contributed by atoms with Crippen LogP contribution in [0.25, 0.3) is 0 Å². The Morgan fingerprint density at radius 3 is 2.62 bits per heavy atom. The van der Waals surface area contributed by atoms with Crippen molar-refractivity contribution in [3.8, 4) is 0 Å². The van der Waals surface area contributed by atoms with Crippen molar-refractivity contribution in [2.24, 2.45) is 0 Å². The van der Waals surface area contributed by atoms with Crippen molar-refractivity contribution in [2.45, 2.75) is 38.9 Å². The number of ketones is 1. The predicted octanol–water partition coefficient (Wildman–Crippen LogP) is 0.686. The molecule has 4 nitrogen and oxygen atoms in total. The number of esters is 1. The second kappa shape index (κ2) is 3.46. The molecule has 0 aromatic carbocycles. The maximum absolute atomic E-state index is 11.4. The van der Waals surface area contributed by atoms with Gasteiger partial charge in [-0.05, 0) is 20.8 Å². The van der Waals surface area contributed by atoms with Gasteiger partial charge < -0.3 is 9.47 Å². The van der Waals surface area contributed by atoms with Gasteiger partial charge in [-0.25, -0.2) is 4.79 Å². The molecule has 13 heavy (non-hydrogen) atoms. The molecule has 0 aromatic heterocycles. The Kier molecular flexibility index (Phi) is 2.71. The molecule has 0 bridgehead atoms. The Balaban J connectivity index is 2.69. The molecule has 4 heteroatoms. The number of rotatable bonds is 2. The Hall–Kier alpha value is -0.900. The fraction of sp³-hybridized carbons (Fsp3) is 0.778. The minimum atomic E-state index is -1.36. The van der Waals surface area contributed by atoms with E-state index in [4.69, 9.17) is 9.47 Å². The van der Waals surface area contributed by atoms with E-state index in [2.05, 4.69) is 0 Å². The molecule has 0 radical (unpaired) electrons. The number of ether oxygens (including phenoxy) is 2. The Morgan fingerprint density at radius 1 is 1.62 bits per heavy atom. The van der Waals surface area contributed by atoms with Crippen molar-refractivity contribution in [2.75, 3.05) is 6.61 Å². The fourth-order valence-corrected chi connectivity index (χ4v) is 1.17. The summed E-state index contributed by atoms with van der Waals surface area (Å²) in [5, 5.41) is 0. The summed E-state index contributed by atoms with van der Waals surface area (Å²) >= 11 is 0. The molecular formula is C9H14O4. The van der Waals surface area contributed by atoms with Gasteiger partial charge in [0.2, 0.25) is 5.60 Å². The molecule has 0 saturated carbocycles. The Labute approximate surface area is 77.2 Å². The smallest absolute Gasteiger partial charge is 0.346 e. The van der Waals surface area contributed by atoms with Crippen molar-refractivity contribution in [3.05, 3.63) is 0 Å². The molecule has 1 atom stereocenters. The number of hydrogen-bond acceptors (Lipinski definition) is 4. The van der Waals surface area contributed by atoms with Crippen molar-refractivity contribution >= 4 is 11.8 Å². The topological polar surface area (TPSA) is 52.6 Å². The van der Waals surface area contributed by atoms with Gasteiger partial charge in [-0.3, -0.25) is 4.79 Å². The fourth-order valence-electron chi connectivity index (χ4n) is 1.17. The lowest BCUT2D eigenvalue weighted by atomic mass is 10.0. The van der Waals surface area contributed by atoms with Crippen LogP contribution in [0, 0.1) is 0 Å². The van der Waals surface area contributed by atoms with Gasteiger partial charge in [0.25, 0.3) is 0 Å². The van der Waals surface area contributed by atoms with Gasteiger partial charge in [-0.1, -0.05) is 0 Å². The van der Waals surface area contributed by atoms with Crippen molar-refractivity contribution in [1.82, 2.24) is 0 Å². The molecule has 0 amide bonds. The molecule has 1 heterocycles. The molecule has 0 aromatic rings. The maximum atomic E-state index is 11.4. The average Bonchev–Trinajstić information content (AvgIpc) is 2.32. The summed E-state index contributed by atoms with van der Waals surface area (Å²) in [5.41, 5.74) is -1.36. The van der Waals surface area contributed by atoms with E-state index in [9.17, 15) is 9.59 Å². The summed E-state index contributed by atoms with van der Waals surface area (Å²) in [4.78, 5) is 22.7. The highest BCUT2D eigenvalue weighted by atomic mass is 16.6. The second-order valence-corrected chi connectivity index (χ2v) is 3.51. The van der Waals surface area contributed by atoms with Gasteiger partial charge in [0.05, 0.1) is 12.7 Å². The first-order chi connectivity index (χ1) is 5.97. The Bertz CT molecular complexity index is 234. The lowest BCUT2D eigenvalue weighted by molar-refractivity contribution is -0.171. The zero-order chi connectivity index (χ0) is 10.1. The lowest BCUT2D eigenvalue weighted by Gasteiger charge is -2.20. The van der Waals surface area contributed by atoms with E-state index in [1.165, 1.54) is 6.92 Å². The van der Waals surface area contributed by atoms with Gasteiger partial charge >= 0.3 is 5.97 Å². The predicted molar refractivity (Wildman–Crippen MR) is 45.2 cm³/mol. The van der Waals surface area contributed by atoms with Crippen molar-refractivity contribution < 1.29 is 19.1 Å². The number of hydrogen-bond donors (Lipinski definition) is 0. The third-order valence-electron chi connectivity index (χ3n) is 1.98. The van der Waals surface area contributed by atoms with Gasteiger partial charge in [-0.15, -0.1) is 0 Å². The van der Waals surface area contributed by atoms with Crippen LogP contribution >= 0.6 is 0 Å². The SMILES string of the molecule is CC(C)OC(=O)C1(C)OCCC1=O. The molecule has 0 N–H and O–H groups in total. The van der Waals surface area contributed by atoms with Crippen LogP contribution < -0.4 is 0 Å². The molecule has 0 aliphatic carbocycles. The molecule has 0 spiro atoms. The summed E-state index contributed by atoms with van der Waals surface area (Å²) in [5.74, 6) is -0.775. The third kappa shape index (κ3) is 1.88. The van der Waals surface area contributed by atoms with E-state index in [1.807, 2.05) is 0 Å². The summed E-state index contributed by atoms with van der Waals surface area (Å²) < 4.78 is 10.0. The van der Waals surface area contributed by atoms with E-state index in [1.54, 1.807) is 13.8 Å². The number of carbonyl (C=O) groups excluding carboxylic acids is 2. The minimum absolute atomic E-state index is 0.196. The van der Waals surface area contributed by atoms with E-state index >= 15 is 0 Å². The van der Waals surface area contributed by atoms with Crippen LogP contribution in [0.4, 0.5) is 0 Å². The molecule has 74 valence electrons. The second-order valence-electron chi connectivity index (χ2n) is 3.51. The van der Waals surface area contributed by atoms with E-state index in [0.29, 0.717) is 13.0 Å². The average molecular weight is 186 g/mol. The highest BCUT2D eigenvalue weighted by Crippen LogP contribution is 2.23. The van der Waals surface area contributed by atoms with Crippen LogP contribution in [0.2, 0.25) is 0 Å². The van der Waals surface area contributed by atoms with Crippen molar-refractivity contribution in [3.63, 3.8) is 0 Å². The third-order valence-corrected chi connectivity index (χ3v) is 1.98. The minimum Gasteiger partial charge on any atom is -0.460 e. The quantitative estimate of drug-likeness (QED) is 0.470. The first kappa shape index (κ1) is 10.2. The van der Waals surface area contributed by atoms with Gasteiger partial charge in [-0.2, -0.15) is 0 Å². The van der Waals surface area contributed by atoms with E-state index in [-0.39, 0.29) is 11.9 Å². The van der Waals surface area contributed by atoms with Crippen LogP contribution in [-0.4, -0.2) is 30.1 Å². The van der Waals surface area contributed by atoms with E-state index in [0.717, 1.165) is 0 Å². The monoisotopic (exact) mass is 186 g/mol. The Morgan fingerprint density at radius 2 is 2.23 bits per heavy atom. The van der Waals surface area contributed by atoms with Crippen molar-refractivity contribution in [1.29, 1.82) is 0 Å². The lowest BCUT2D eigenvalue weighted by Crippen LogP contribution is -2.43. The summed E-state index contributed by atoms with van der Waals surface area (Å²) in [6.45, 7) is 5.25. The summed E-state index contributed by atoms with van der Waals surface area (Å²) in [7, 11) is 0. The highest BCUT2D eigenvalue weighted by Gasteiger charge is 2.47. The van der Waals surface area contributed by atoms with Gasteiger partial charge in [0.15, 0.2) is 5.78 Å². The molecule has 1 unspecified atom stereocenters.